The fourth-order valence-corrected chi connectivity index (χ4v) is 3.54. The Balaban J connectivity index is 2.19. The Labute approximate surface area is 116 Å². The molecule has 106 valence electrons. The Morgan fingerprint density at radius 3 is 2.26 bits per heavy atom. The molecular weight excluding hydrogens is 266 g/mol. The largest absolute Gasteiger partial charge is 0.548 e. The standard InChI is InChI=1S/C13H19NO4S/c1-19-7-6-10(13(17)18)14-11(15)8-4-2-3-5-9(8)12(14)16/h8-10H,2-7H2,1H3,(H,17,18)/p-1/t8-,9+,10-/m0/s1. The highest BCUT2D eigenvalue weighted by atomic mass is 32.2. The van der Waals surface area contributed by atoms with Gasteiger partial charge < -0.3 is 9.90 Å². The zero-order valence-corrected chi connectivity index (χ0v) is 11.8. The van der Waals surface area contributed by atoms with Crippen LogP contribution in [0, 0.1) is 11.8 Å². The number of aliphatic carboxylic acids is 1. The predicted octanol–water partition coefficient (Wildman–Crippen LogP) is 0.0332. The number of fused-ring (bicyclic) bond motifs is 1. The van der Waals surface area contributed by atoms with Crippen molar-refractivity contribution in [2.75, 3.05) is 12.0 Å². The summed E-state index contributed by atoms with van der Waals surface area (Å²) in [7, 11) is 0. The lowest BCUT2D eigenvalue weighted by Gasteiger charge is -2.27. The van der Waals surface area contributed by atoms with Crippen LogP contribution < -0.4 is 5.11 Å². The van der Waals surface area contributed by atoms with E-state index < -0.39 is 12.0 Å². The summed E-state index contributed by atoms with van der Waals surface area (Å²) >= 11 is 1.49. The molecule has 0 bridgehead atoms. The van der Waals surface area contributed by atoms with Gasteiger partial charge in [-0.15, -0.1) is 0 Å². The van der Waals surface area contributed by atoms with Crippen LogP contribution >= 0.6 is 11.8 Å². The lowest BCUT2D eigenvalue weighted by molar-refractivity contribution is -0.311. The SMILES string of the molecule is CSCC[C@@H](C(=O)[O-])N1C(=O)[C@H]2CCCC[C@H]2C1=O. The third-order valence-electron chi connectivity index (χ3n) is 4.05. The maximum atomic E-state index is 12.3. The molecular formula is C13H18NO4S-. The van der Waals surface area contributed by atoms with Crippen molar-refractivity contribution in [1.82, 2.24) is 4.90 Å². The van der Waals surface area contributed by atoms with Crippen molar-refractivity contribution in [3.05, 3.63) is 0 Å². The number of hydrogen-bond acceptors (Lipinski definition) is 5. The van der Waals surface area contributed by atoms with E-state index in [1.807, 2.05) is 6.26 Å². The lowest BCUT2D eigenvalue weighted by Crippen LogP contribution is -2.51. The first kappa shape index (κ1) is 14.4. The molecule has 0 N–H and O–H groups in total. The summed E-state index contributed by atoms with van der Waals surface area (Å²) in [5.41, 5.74) is 0. The molecule has 0 aromatic heterocycles. The summed E-state index contributed by atoms with van der Waals surface area (Å²) in [5.74, 6) is -1.93. The van der Waals surface area contributed by atoms with Gasteiger partial charge in [-0.2, -0.15) is 11.8 Å². The van der Waals surface area contributed by atoms with Gasteiger partial charge in [0, 0.05) is 0 Å². The fourth-order valence-electron chi connectivity index (χ4n) is 3.08. The van der Waals surface area contributed by atoms with E-state index in [-0.39, 0.29) is 30.1 Å². The maximum Gasteiger partial charge on any atom is 0.233 e. The first-order valence-electron chi connectivity index (χ1n) is 6.64. The van der Waals surface area contributed by atoms with E-state index in [9.17, 15) is 19.5 Å². The molecule has 2 fully saturated rings. The van der Waals surface area contributed by atoms with E-state index in [0.717, 1.165) is 17.7 Å². The molecule has 19 heavy (non-hydrogen) atoms. The van der Waals surface area contributed by atoms with Crippen LogP contribution in [0.4, 0.5) is 0 Å². The number of thioether (sulfide) groups is 1. The molecule has 0 aromatic rings. The summed E-state index contributed by atoms with van der Waals surface area (Å²) in [6, 6.07) is -1.10. The quantitative estimate of drug-likeness (QED) is 0.666. The Hall–Kier alpha value is -1.04. The smallest absolute Gasteiger partial charge is 0.233 e. The highest BCUT2D eigenvalue weighted by Gasteiger charge is 2.50. The Bertz CT molecular complexity index is 374. The number of carbonyl (C=O) groups excluding carboxylic acids is 3. The molecule has 1 aliphatic heterocycles. The number of carbonyl (C=O) groups is 3. The normalized spacial score (nSPS) is 28.4. The molecule has 1 saturated heterocycles. The highest BCUT2D eigenvalue weighted by Crippen LogP contribution is 2.39. The monoisotopic (exact) mass is 284 g/mol. The van der Waals surface area contributed by atoms with Crippen LogP contribution in [0.3, 0.4) is 0 Å². The Kier molecular flexibility index (Phi) is 4.50. The van der Waals surface area contributed by atoms with Gasteiger partial charge >= 0.3 is 0 Å². The van der Waals surface area contributed by atoms with Crippen LogP contribution in [-0.4, -0.2) is 40.7 Å². The zero-order chi connectivity index (χ0) is 14.0. The first-order chi connectivity index (χ1) is 9.07. The molecule has 0 radical (unpaired) electrons. The number of imide groups is 1. The molecule has 2 rings (SSSR count). The van der Waals surface area contributed by atoms with Gasteiger partial charge in [-0.3, -0.25) is 14.5 Å². The van der Waals surface area contributed by atoms with Crippen LogP contribution in [0.2, 0.25) is 0 Å². The van der Waals surface area contributed by atoms with E-state index in [2.05, 4.69) is 0 Å². The average molecular weight is 284 g/mol. The number of hydrogen-bond donors (Lipinski definition) is 0. The number of carboxylic acids is 1. The third-order valence-corrected chi connectivity index (χ3v) is 4.70. The molecule has 0 spiro atoms. The highest BCUT2D eigenvalue weighted by molar-refractivity contribution is 7.98. The van der Waals surface area contributed by atoms with Crippen molar-refractivity contribution in [1.29, 1.82) is 0 Å². The van der Waals surface area contributed by atoms with E-state index in [0.29, 0.717) is 18.6 Å². The molecule has 2 amide bonds. The molecule has 1 saturated carbocycles. The van der Waals surface area contributed by atoms with Crippen LogP contribution in [0.5, 0.6) is 0 Å². The van der Waals surface area contributed by atoms with E-state index in [4.69, 9.17) is 0 Å². The summed E-state index contributed by atoms with van der Waals surface area (Å²) in [6.45, 7) is 0. The maximum absolute atomic E-state index is 12.3. The van der Waals surface area contributed by atoms with Crippen molar-refractivity contribution in [2.45, 2.75) is 38.1 Å². The molecule has 0 unspecified atom stereocenters. The van der Waals surface area contributed by atoms with Gasteiger partial charge in [0.2, 0.25) is 11.8 Å². The third kappa shape index (κ3) is 2.63. The molecule has 1 heterocycles. The van der Waals surface area contributed by atoms with Crippen molar-refractivity contribution < 1.29 is 19.5 Å². The number of rotatable bonds is 5. The van der Waals surface area contributed by atoms with E-state index in [1.165, 1.54) is 11.8 Å². The van der Waals surface area contributed by atoms with Gasteiger partial charge in [0.05, 0.1) is 23.8 Å². The average Bonchev–Trinajstić information content (AvgIpc) is 2.64. The first-order valence-corrected chi connectivity index (χ1v) is 8.04. The van der Waals surface area contributed by atoms with Gasteiger partial charge in [-0.1, -0.05) is 12.8 Å². The van der Waals surface area contributed by atoms with Crippen LogP contribution in [0.25, 0.3) is 0 Å². The van der Waals surface area contributed by atoms with Crippen molar-refractivity contribution in [3.63, 3.8) is 0 Å². The van der Waals surface area contributed by atoms with Gasteiger partial charge in [0.1, 0.15) is 0 Å². The lowest BCUT2D eigenvalue weighted by atomic mass is 9.81. The topological polar surface area (TPSA) is 77.5 Å². The van der Waals surface area contributed by atoms with E-state index >= 15 is 0 Å². The van der Waals surface area contributed by atoms with Gasteiger partial charge in [-0.05, 0) is 31.3 Å². The molecule has 2 aliphatic rings. The molecule has 1 aliphatic carbocycles. The van der Waals surface area contributed by atoms with Crippen LogP contribution in [-0.2, 0) is 14.4 Å². The second-order valence-corrected chi connectivity index (χ2v) is 6.15. The minimum Gasteiger partial charge on any atom is -0.548 e. The van der Waals surface area contributed by atoms with Gasteiger partial charge in [0.25, 0.3) is 0 Å². The second-order valence-electron chi connectivity index (χ2n) is 5.16. The number of amides is 2. The van der Waals surface area contributed by atoms with Crippen molar-refractivity contribution >= 4 is 29.5 Å². The minimum atomic E-state index is -1.32. The molecule has 3 atom stereocenters. The van der Waals surface area contributed by atoms with Gasteiger partial charge in [-0.25, -0.2) is 0 Å². The summed E-state index contributed by atoms with van der Waals surface area (Å²) in [6.07, 6.45) is 5.41. The molecule has 6 heteroatoms. The number of nitrogens with zero attached hydrogens (tertiary/aromatic N) is 1. The van der Waals surface area contributed by atoms with Gasteiger partial charge in [0.15, 0.2) is 0 Å². The number of likely N-dealkylation sites (tertiary alicyclic amines) is 1. The predicted molar refractivity (Wildman–Crippen MR) is 69.1 cm³/mol. The Morgan fingerprint density at radius 2 is 1.84 bits per heavy atom. The van der Waals surface area contributed by atoms with E-state index in [1.54, 1.807) is 0 Å². The van der Waals surface area contributed by atoms with Crippen molar-refractivity contribution in [2.24, 2.45) is 11.8 Å². The Morgan fingerprint density at radius 1 is 1.32 bits per heavy atom. The number of carboxylic acid groups (broad SMARTS) is 1. The summed E-state index contributed by atoms with van der Waals surface area (Å²) in [4.78, 5) is 36.7. The zero-order valence-electron chi connectivity index (χ0n) is 11.0. The molecule has 0 aromatic carbocycles. The van der Waals surface area contributed by atoms with Crippen molar-refractivity contribution in [3.8, 4) is 0 Å². The molecule has 5 nitrogen and oxygen atoms in total. The summed E-state index contributed by atoms with van der Waals surface area (Å²) in [5, 5.41) is 11.2. The minimum absolute atomic E-state index is 0.264. The second kappa shape index (κ2) is 5.94. The van der Waals surface area contributed by atoms with Crippen LogP contribution in [0.15, 0.2) is 0 Å². The fraction of sp³-hybridized carbons (Fsp3) is 0.769. The van der Waals surface area contributed by atoms with Crippen LogP contribution in [0.1, 0.15) is 32.1 Å². The summed E-state index contributed by atoms with van der Waals surface area (Å²) < 4.78 is 0.